The zero-order valence-electron chi connectivity index (χ0n) is 12.7. The van der Waals surface area contributed by atoms with Gasteiger partial charge in [0.05, 0.1) is 6.10 Å². The molecule has 0 heterocycles. The molecule has 2 heteroatoms. The molecule has 0 aliphatic heterocycles. The normalized spacial score (nSPS) is 20.9. The number of hydrogen-bond acceptors (Lipinski definition) is 2. The van der Waals surface area contributed by atoms with E-state index in [-0.39, 0.29) is 12.0 Å². The predicted molar refractivity (Wildman–Crippen MR) is 84.8 cm³/mol. The lowest BCUT2D eigenvalue weighted by atomic mass is 9.79. The standard InChI is InChI=1S/C18H29NO/c1-14-9-11-15(12-10-14)17(13-19)18(20)16-7-5-3-2-4-6-8-16/h9-12,16-18,20H,2-8,13,19H2,1H3. The molecule has 2 unspecified atom stereocenters. The van der Waals surface area contributed by atoms with E-state index >= 15 is 0 Å². The van der Waals surface area contributed by atoms with Crippen molar-refractivity contribution in [3.05, 3.63) is 35.4 Å². The number of hydrogen-bond donors (Lipinski definition) is 2. The maximum absolute atomic E-state index is 10.8. The largest absolute Gasteiger partial charge is 0.392 e. The summed E-state index contributed by atoms with van der Waals surface area (Å²) < 4.78 is 0. The molecule has 1 aromatic carbocycles. The number of nitrogens with two attached hydrogens (primary N) is 1. The summed E-state index contributed by atoms with van der Waals surface area (Å²) >= 11 is 0. The van der Waals surface area contributed by atoms with Crippen molar-refractivity contribution >= 4 is 0 Å². The van der Waals surface area contributed by atoms with E-state index in [1.165, 1.54) is 43.2 Å². The van der Waals surface area contributed by atoms with Crippen LogP contribution in [0.15, 0.2) is 24.3 Å². The van der Waals surface area contributed by atoms with Crippen LogP contribution in [0.5, 0.6) is 0 Å². The Morgan fingerprint density at radius 1 is 1.05 bits per heavy atom. The van der Waals surface area contributed by atoms with Gasteiger partial charge in [-0.2, -0.15) is 0 Å². The van der Waals surface area contributed by atoms with E-state index in [0.29, 0.717) is 12.5 Å². The third-order valence-electron chi connectivity index (χ3n) is 4.80. The third-order valence-corrected chi connectivity index (χ3v) is 4.80. The maximum Gasteiger partial charge on any atom is 0.0648 e. The highest BCUT2D eigenvalue weighted by Gasteiger charge is 2.28. The Morgan fingerprint density at radius 2 is 1.60 bits per heavy atom. The molecule has 1 aliphatic carbocycles. The number of aliphatic hydroxyl groups excluding tert-OH is 1. The van der Waals surface area contributed by atoms with Gasteiger partial charge in [0, 0.05) is 12.5 Å². The van der Waals surface area contributed by atoms with Crippen molar-refractivity contribution in [1.82, 2.24) is 0 Å². The van der Waals surface area contributed by atoms with Gasteiger partial charge in [0.2, 0.25) is 0 Å². The van der Waals surface area contributed by atoms with Crippen molar-refractivity contribution in [2.45, 2.75) is 63.9 Å². The molecule has 0 saturated heterocycles. The second-order valence-electron chi connectivity index (χ2n) is 6.35. The lowest BCUT2D eigenvalue weighted by Crippen LogP contribution is -2.33. The van der Waals surface area contributed by atoms with E-state index in [4.69, 9.17) is 5.73 Å². The Labute approximate surface area is 123 Å². The minimum absolute atomic E-state index is 0.0834. The van der Waals surface area contributed by atoms with Gasteiger partial charge in [-0.25, -0.2) is 0 Å². The predicted octanol–water partition coefficient (Wildman–Crippen LogP) is 3.76. The molecule has 0 amide bonds. The molecule has 2 atom stereocenters. The Kier molecular flexibility index (Phi) is 6.06. The second-order valence-corrected chi connectivity index (χ2v) is 6.35. The van der Waals surface area contributed by atoms with E-state index in [9.17, 15) is 5.11 Å². The molecule has 0 bridgehead atoms. The van der Waals surface area contributed by atoms with E-state index in [1.54, 1.807) is 0 Å². The number of aryl methyl sites for hydroxylation is 1. The van der Waals surface area contributed by atoms with Crippen molar-refractivity contribution in [1.29, 1.82) is 0 Å². The molecule has 0 aromatic heterocycles. The van der Waals surface area contributed by atoms with Gasteiger partial charge in [-0.3, -0.25) is 0 Å². The fraction of sp³-hybridized carbons (Fsp3) is 0.667. The van der Waals surface area contributed by atoms with Crippen LogP contribution < -0.4 is 5.73 Å². The topological polar surface area (TPSA) is 46.2 Å². The first-order chi connectivity index (χ1) is 9.72. The quantitative estimate of drug-likeness (QED) is 0.879. The first kappa shape index (κ1) is 15.5. The number of rotatable bonds is 4. The highest BCUT2D eigenvalue weighted by Crippen LogP contribution is 2.32. The molecule has 2 rings (SSSR count). The van der Waals surface area contributed by atoms with Crippen LogP contribution in [0.4, 0.5) is 0 Å². The number of aliphatic hydroxyl groups is 1. The average Bonchev–Trinajstić information content (AvgIpc) is 2.41. The van der Waals surface area contributed by atoms with E-state index in [0.717, 1.165) is 12.8 Å². The molecular weight excluding hydrogens is 246 g/mol. The summed E-state index contributed by atoms with van der Waals surface area (Å²) in [7, 11) is 0. The van der Waals surface area contributed by atoms with Crippen molar-refractivity contribution in [2.24, 2.45) is 11.7 Å². The fourth-order valence-corrected chi connectivity index (χ4v) is 3.44. The van der Waals surface area contributed by atoms with Crippen LogP contribution in [-0.2, 0) is 0 Å². The zero-order valence-corrected chi connectivity index (χ0v) is 12.7. The average molecular weight is 275 g/mol. The van der Waals surface area contributed by atoms with Crippen LogP contribution in [0, 0.1) is 12.8 Å². The van der Waals surface area contributed by atoms with Crippen molar-refractivity contribution in [3.63, 3.8) is 0 Å². The Morgan fingerprint density at radius 3 is 2.15 bits per heavy atom. The third kappa shape index (κ3) is 4.07. The summed E-state index contributed by atoms with van der Waals surface area (Å²) in [5.74, 6) is 0.505. The molecule has 1 aromatic rings. The van der Waals surface area contributed by atoms with Crippen molar-refractivity contribution in [2.75, 3.05) is 6.54 Å². The van der Waals surface area contributed by atoms with Gasteiger partial charge >= 0.3 is 0 Å². The summed E-state index contributed by atoms with van der Waals surface area (Å²) in [5.41, 5.74) is 8.40. The molecule has 20 heavy (non-hydrogen) atoms. The monoisotopic (exact) mass is 275 g/mol. The summed E-state index contributed by atoms with van der Waals surface area (Å²) in [6.07, 6.45) is 8.54. The maximum atomic E-state index is 10.8. The molecule has 1 saturated carbocycles. The molecular formula is C18H29NO. The van der Waals surface area contributed by atoms with Gasteiger partial charge < -0.3 is 10.8 Å². The fourth-order valence-electron chi connectivity index (χ4n) is 3.44. The molecule has 1 fully saturated rings. The Bertz CT molecular complexity index is 379. The molecule has 1 aliphatic rings. The van der Waals surface area contributed by atoms with E-state index in [1.807, 2.05) is 0 Å². The second kappa shape index (κ2) is 7.80. The first-order valence-corrected chi connectivity index (χ1v) is 8.17. The Hall–Kier alpha value is -0.860. The van der Waals surface area contributed by atoms with Gasteiger partial charge in [0.1, 0.15) is 0 Å². The van der Waals surface area contributed by atoms with Gasteiger partial charge in [-0.1, -0.05) is 61.9 Å². The van der Waals surface area contributed by atoms with Crippen molar-refractivity contribution in [3.8, 4) is 0 Å². The van der Waals surface area contributed by atoms with Crippen LogP contribution in [-0.4, -0.2) is 17.8 Å². The summed E-state index contributed by atoms with van der Waals surface area (Å²) in [6, 6.07) is 8.48. The summed E-state index contributed by atoms with van der Waals surface area (Å²) in [4.78, 5) is 0. The molecule has 0 spiro atoms. The summed E-state index contributed by atoms with van der Waals surface area (Å²) in [5, 5.41) is 10.8. The van der Waals surface area contributed by atoms with Crippen LogP contribution in [0.3, 0.4) is 0 Å². The lowest BCUT2D eigenvalue weighted by Gasteiger charge is -2.31. The smallest absolute Gasteiger partial charge is 0.0648 e. The highest BCUT2D eigenvalue weighted by atomic mass is 16.3. The van der Waals surface area contributed by atoms with Crippen LogP contribution >= 0.6 is 0 Å². The van der Waals surface area contributed by atoms with Crippen LogP contribution in [0.25, 0.3) is 0 Å². The van der Waals surface area contributed by atoms with E-state index in [2.05, 4.69) is 31.2 Å². The SMILES string of the molecule is Cc1ccc(C(CN)C(O)C2CCCCCCC2)cc1. The molecule has 0 radical (unpaired) electrons. The molecule has 2 nitrogen and oxygen atoms in total. The number of benzene rings is 1. The van der Waals surface area contributed by atoms with Crippen LogP contribution in [0.2, 0.25) is 0 Å². The van der Waals surface area contributed by atoms with Crippen LogP contribution in [0.1, 0.15) is 62.0 Å². The van der Waals surface area contributed by atoms with E-state index < -0.39 is 0 Å². The molecule has 3 N–H and O–H groups in total. The lowest BCUT2D eigenvalue weighted by molar-refractivity contribution is 0.0679. The zero-order chi connectivity index (χ0) is 14.4. The minimum atomic E-state index is -0.291. The minimum Gasteiger partial charge on any atom is -0.392 e. The van der Waals surface area contributed by atoms with Crippen molar-refractivity contribution < 1.29 is 5.11 Å². The first-order valence-electron chi connectivity index (χ1n) is 8.17. The van der Waals surface area contributed by atoms with Gasteiger partial charge in [0.25, 0.3) is 0 Å². The van der Waals surface area contributed by atoms with Gasteiger partial charge in [-0.05, 0) is 31.2 Å². The molecule has 112 valence electrons. The van der Waals surface area contributed by atoms with Gasteiger partial charge in [-0.15, -0.1) is 0 Å². The summed E-state index contributed by atoms with van der Waals surface area (Å²) in [6.45, 7) is 2.62. The Balaban J connectivity index is 2.06. The highest BCUT2D eigenvalue weighted by molar-refractivity contribution is 5.25. The van der Waals surface area contributed by atoms with Gasteiger partial charge in [0.15, 0.2) is 0 Å².